The molecule has 2 atom stereocenters. The minimum atomic E-state index is -0.937. The molecule has 0 spiro atoms. The number of primary amides is 1. The second kappa shape index (κ2) is 9.56. The zero-order valence-electron chi connectivity index (χ0n) is 14.6. The molecule has 136 valence electrons. The number of amides is 3. The van der Waals surface area contributed by atoms with Gasteiger partial charge in [-0.3, -0.25) is 14.4 Å². The highest BCUT2D eigenvalue weighted by molar-refractivity contribution is 5.91. The largest absolute Gasteiger partial charge is 0.368 e. The average molecular weight is 349 g/mol. The van der Waals surface area contributed by atoms with E-state index >= 15 is 0 Å². The number of hydrogen-bond acceptors (Lipinski definition) is 3. The number of benzene rings is 1. The molecular formula is C18H24FN3O3. The first-order valence-corrected chi connectivity index (χ1v) is 7.93. The Kier molecular flexibility index (Phi) is 7.78. The lowest BCUT2D eigenvalue weighted by molar-refractivity contribution is -0.130. The van der Waals surface area contributed by atoms with Crippen LogP contribution in [0.5, 0.6) is 0 Å². The van der Waals surface area contributed by atoms with E-state index in [9.17, 15) is 18.8 Å². The SMILES string of the molecule is CC(=O)N[C@H](Cc1cccc(F)c1)C(=O)N[C@H](CC=C(C)C)C(N)=O. The van der Waals surface area contributed by atoms with Gasteiger partial charge in [0.05, 0.1) is 0 Å². The lowest BCUT2D eigenvalue weighted by Gasteiger charge is -2.21. The van der Waals surface area contributed by atoms with Crippen molar-refractivity contribution in [3.05, 3.63) is 47.3 Å². The van der Waals surface area contributed by atoms with Gasteiger partial charge in [0.2, 0.25) is 17.7 Å². The van der Waals surface area contributed by atoms with E-state index in [0.717, 1.165) is 5.57 Å². The summed E-state index contributed by atoms with van der Waals surface area (Å²) in [6.45, 7) is 5.01. The van der Waals surface area contributed by atoms with Crippen LogP contribution in [0.1, 0.15) is 32.8 Å². The Bertz CT molecular complexity index is 669. The molecule has 1 aromatic rings. The summed E-state index contributed by atoms with van der Waals surface area (Å²) in [4.78, 5) is 35.4. The van der Waals surface area contributed by atoms with E-state index in [1.54, 1.807) is 12.1 Å². The molecule has 4 N–H and O–H groups in total. The van der Waals surface area contributed by atoms with Crippen LogP contribution in [0.15, 0.2) is 35.9 Å². The van der Waals surface area contributed by atoms with E-state index in [0.29, 0.717) is 5.56 Å². The summed E-state index contributed by atoms with van der Waals surface area (Å²) in [5, 5.41) is 5.06. The third-order valence-corrected chi connectivity index (χ3v) is 3.44. The van der Waals surface area contributed by atoms with Gasteiger partial charge in [-0.1, -0.05) is 23.8 Å². The molecule has 0 aliphatic carbocycles. The Labute approximate surface area is 146 Å². The normalized spacial score (nSPS) is 12.6. The maximum atomic E-state index is 13.3. The number of nitrogens with two attached hydrogens (primary N) is 1. The van der Waals surface area contributed by atoms with Crippen molar-refractivity contribution >= 4 is 17.7 Å². The van der Waals surface area contributed by atoms with Gasteiger partial charge in [0, 0.05) is 13.3 Å². The Morgan fingerprint density at radius 1 is 1.16 bits per heavy atom. The Hall–Kier alpha value is -2.70. The Morgan fingerprint density at radius 2 is 1.84 bits per heavy atom. The molecule has 0 aliphatic heterocycles. The first kappa shape index (κ1) is 20.3. The maximum absolute atomic E-state index is 13.3. The van der Waals surface area contributed by atoms with E-state index in [1.807, 2.05) is 13.8 Å². The van der Waals surface area contributed by atoms with Gasteiger partial charge in [-0.25, -0.2) is 4.39 Å². The number of hydrogen-bond donors (Lipinski definition) is 3. The van der Waals surface area contributed by atoms with E-state index < -0.39 is 35.6 Å². The molecular weight excluding hydrogens is 325 g/mol. The number of halogens is 1. The van der Waals surface area contributed by atoms with Gasteiger partial charge >= 0.3 is 0 Å². The molecule has 0 aliphatic rings. The van der Waals surface area contributed by atoms with E-state index in [2.05, 4.69) is 10.6 Å². The van der Waals surface area contributed by atoms with Crippen LogP contribution in [0, 0.1) is 5.82 Å². The zero-order valence-corrected chi connectivity index (χ0v) is 14.6. The van der Waals surface area contributed by atoms with Crippen LogP contribution in [-0.4, -0.2) is 29.8 Å². The highest BCUT2D eigenvalue weighted by atomic mass is 19.1. The van der Waals surface area contributed by atoms with Gasteiger partial charge in [0.15, 0.2) is 0 Å². The fourth-order valence-corrected chi connectivity index (χ4v) is 2.23. The second-order valence-corrected chi connectivity index (χ2v) is 6.07. The molecule has 6 nitrogen and oxygen atoms in total. The molecule has 0 saturated heterocycles. The Balaban J connectivity index is 2.89. The number of rotatable bonds is 8. The summed E-state index contributed by atoms with van der Waals surface area (Å²) < 4.78 is 13.3. The first-order valence-electron chi connectivity index (χ1n) is 7.93. The fourth-order valence-electron chi connectivity index (χ4n) is 2.23. The zero-order chi connectivity index (χ0) is 19.0. The topological polar surface area (TPSA) is 101 Å². The van der Waals surface area contributed by atoms with Gasteiger partial charge in [-0.05, 0) is 38.0 Å². The van der Waals surface area contributed by atoms with Crippen molar-refractivity contribution < 1.29 is 18.8 Å². The molecule has 0 bridgehead atoms. The third-order valence-electron chi connectivity index (χ3n) is 3.44. The average Bonchev–Trinajstić information content (AvgIpc) is 2.49. The van der Waals surface area contributed by atoms with Crippen LogP contribution >= 0.6 is 0 Å². The number of nitrogens with one attached hydrogen (secondary N) is 2. The predicted molar refractivity (Wildman–Crippen MR) is 92.9 cm³/mol. The monoisotopic (exact) mass is 349 g/mol. The van der Waals surface area contributed by atoms with Gasteiger partial charge in [0.25, 0.3) is 0 Å². The molecule has 0 saturated carbocycles. The molecule has 0 heterocycles. The smallest absolute Gasteiger partial charge is 0.243 e. The highest BCUT2D eigenvalue weighted by Crippen LogP contribution is 2.08. The van der Waals surface area contributed by atoms with Crippen molar-refractivity contribution in [1.82, 2.24) is 10.6 Å². The molecule has 7 heteroatoms. The van der Waals surface area contributed by atoms with Crippen molar-refractivity contribution in [2.24, 2.45) is 5.73 Å². The van der Waals surface area contributed by atoms with Gasteiger partial charge in [-0.2, -0.15) is 0 Å². The van der Waals surface area contributed by atoms with E-state index in [-0.39, 0.29) is 12.8 Å². The van der Waals surface area contributed by atoms with Crippen LogP contribution in [0.2, 0.25) is 0 Å². The molecule has 25 heavy (non-hydrogen) atoms. The number of allylic oxidation sites excluding steroid dienone is 1. The van der Waals surface area contributed by atoms with Crippen molar-refractivity contribution in [2.75, 3.05) is 0 Å². The van der Waals surface area contributed by atoms with Gasteiger partial charge < -0.3 is 16.4 Å². The maximum Gasteiger partial charge on any atom is 0.243 e. The summed E-state index contributed by atoms with van der Waals surface area (Å²) in [7, 11) is 0. The molecule has 0 radical (unpaired) electrons. The first-order chi connectivity index (χ1) is 11.7. The fraction of sp³-hybridized carbons (Fsp3) is 0.389. The minimum Gasteiger partial charge on any atom is -0.368 e. The summed E-state index contributed by atoms with van der Waals surface area (Å²) >= 11 is 0. The van der Waals surface area contributed by atoms with Crippen molar-refractivity contribution in [2.45, 2.75) is 45.7 Å². The standard InChI is InChI=1S/C18H24FN3O3/c1-11(2)7-8-15(17(20)24)22-18(25)16(21-12(3)23)10-13-5-4-6-14(19)9-13/h4-7,9,15-16H,8,10H2,1-3H3,(H2,20,24)(H,21,23)(H,22,25)/t15-,16-/m1/s1. The summed E-state index contributed by atoms with van der Waals surface area (Å²) in [5.41, 5.74) is 6.86. The van der Waals surface area contributed by atoms with Gasteiger partial charge in [0.1, 0.15) is 17.9 Å². The molecule has 1 aromatic carbocycles. The van der Waals surface area contributed by atoms with Crippen LogP contribution in [0.3, 0.4) is 0 Å². The van der Waals surface area contributed by atoms with E-state index in [1.165, 1.54) is 25.1 Å². The highest BCUT2D eigenvalue weighted by Gasteiger charge is 2.24. The summed E-state index contributed by atoms with van der Waals surface area (Å²) in [6.07, 6.45) is 2.14. The summed E-state index contributed by atoms with van der Waals surface area (Å²) in [5.74, 6) is -2.06. The van der Waals surface area contributed by atoms with E-state index in [4.69, 9.17) is 5.73 Å². The lowest BCUT2D eigenvalue weighted by Crippen LogP contribution is -2.53. The number of carbonyl (C=O) groups excluding carboxylic acids is 3. The van der Waals surface area contributed by atoms with Crippen LogP contribution in [0.25, 0.3) is 0 Å². The van der Waals surface area contributed by atoms with Crippen molar-refractivity contribution in [3.63, 3.8) is 0 Å². The van der Waals surface area contributed by atoms with Crippen LogP contribution in [-0.2, 0) is 20.8 Å². The molecule has 0 fully saturated rings. The molecule has 0 unspecified atom stereocenters. The molecule has 0 aromatic heterocycles. The Morgan fingerprint density at radius 3 is 2.36 bits per heavy atom. The molecule has 3 amide bonds. The summed E-state index contributed by atoms with van der Waals surface area (Å²) in [6, 6.07) is 3.93. The minimum absolute atomic E-state index is 0.0945. The van der Waals surface area contributed by atoms with Crippen LogP contribution < -0.4 is 16.4 Å². The van der Waals surface area contributed by atoms with Crippen LogP contribution in [0.4, 0.5) is 4.39 Å². The molecule has 1 rings (SSSR count). The second-order valence-electron chi connectivity index (χ2n) is 6.07. The number of carbonyl (C=O) groups is 3. The quantitative estimate of drug-likeness (QED) is 0.615. The van der Waals surface area contributed by atoms with Gasteiger partial charge in [-0.15, -0.1) is 0 Å². The lowest BCUT2D eigenvalue weighted by atomic mass is 10.0. The van der Waals surface area contributed by atoms with Crippen molar-refractivity contribution in [3.8, 4) is 0 Å². The third kappa shape index (κ3) is 7.60. The van der Waals surface area contributed by atoms with Crippen molar-refractivity contribution in [1.29, 1.82) is 0 Å². The predicted octanol–water partition coefficient (Wildman–Crippen LogP) is 1.20.